The molecule has 0 radical (unpaired) electrons. The molecular formula is C20H18FNO4. The van der Waals surface area contributed by atoms with Crippen molar-refractivity contribution < 1.29 is 18.7 Å². The van der Waals surface area contributed by atoms with Gasteiger partial charge in [0.05, 0.1) is 23.2 Å². The molecule has 134 valence electrons. The van der Waals surface area contributed by atoms with Crippen LogP contribution in [0.15, 0.2) is 51.9 Å². The average molecular weight is 355 g/mol. The van der Waals surface area contributed by atoms with E-state index in [9.17, 15) is 14.3 Å². The predicted molar refractivity (Wildman–Crippen MR) is 95.4 cm³/mol. The molecule has 1 aromatic heterocycles. The molecule has 2 heterocycles. The summed E-state index contributed by atoms with van der Waals surface area (Å²) in [4.78, 5) is 14.9. The summed E-state index contributed by atoms with van der Waals surface area (Å²) in [5, 5.41) is 10.7. The molecule has 1 aliphatic rings. The van der Waals surface area contributed by atoms with Gasteiger partial charge in [-0.2, -0.15) is 0 Å². The number of ether oxygens (including phenoxy) is 1. The standard InChI is InChI=1S/C20H18FNO4/c21-14-4-2-13(3-5-14)17-11-26-20-15(19(17)24)6-7-18(23)16(20)10-22-8-1-9-25-12-22/h2-7,11,23H,1,8-10,12H2. The molecule has 6 heteroatoms. The summed E-state index contributed by atoms with van der Waals surface area (Å²) in [5.74, 6) is -0.282. The minimum Gasteiger partial charge on any atom is -0.507 e. The van der Waals surface area contributed by atoms with Crippen molar-refractivity contribution in [1.82, 2.24) is 4.90 Å². The van der Waals surface area contributed by atoms with Crippen LogP contribution in [0.2, 0.25) is 0 Å². The Morgan fingerprint density at radius 2 is 1.96 bits per heavy atom. The van der Waals surface area contributed by atoms with Crippen LogP contribution in [-0.4, -0.2) is 29.9 Å². The second kappa shape index (κ2) is 6.90. The SMILES string of the molecule is O=c1c(-c2ccc(F)cc2)coc2c(CN3CCCOC3)c(O)ccc12. The van der Waals surface area contributed by atoms with Gasteiger partial charge in [-0.15, -0.1) is 0 Å². The van der Waals surface area contributed by atoms with E-state index in [1.807, 2.05) is 4.90 Å². The van der Waals surface area contributed by atoms with E-state index in [4.69, 9.17) is 9.15 Å². The molecule has 1 fully saturated rings. The summed E-state index contributed by atoms with van der Waals surface area (Å²) in [6.45, 7) is 2.50. The number of nitrogens with zero attached hydrogens (tertiary/aromatic N) is 1. The number of benzene rings is 2. The maximum absolute atomic E-state index is 13.1. The molecule has 0 saturated carbocycles. The Morgan fingerprint density at radius 3 is 2.69 bits per heavy atom. The van der Waals surface area contributed by atoms with Gasteiger partial charge in [-0.25, -0.2) is 4.39 Å². The highest BCUT2D eigenvalue weighted by molar-refractivity contribution is 5.85. The normalized spacial score (nSPS) is 15.4. The van der Waals surface area contributed by atoms with Gasteiger partial charge in [-0.1, -0.05) is 12.1 Å². The second-order valence-corrected chi connectivity index (χ2v) is 6.37. The van der Waals surface area contributed by atoms with Gasteiger partial charge in [0.1, 0.15) is 23.4 Å². The molecule has 0 amide bonds. The number of phenolic OH excluding ortho intramolecular Hbond substituents is 1. The molecule has 0 bridgehead atoms. The van der Waals surface area contributed by atoms with E-state index in [0.29, 0.717) is 40.9 Å². The quantitative estimate of drug-likeness (QED) is 0.779. The van der Waals surface area contributed by atoms with E-state index in [1.54, 1.807) is 18.2 Å². The lowest BCUT2D eigenvalue weighted by molar-refractivity contribution is -0.0178. The van der Waals surface area contributed by atoms with Crippen molar-refractivity contribution in [3.8, 4) is 16.9 Å². The van der Waals surface area contributed by atoms with Crippen LogP contribution in [0.5, 0.6) is 5.75 Å². The maximum atomic E-state index is 13.1. The summed E-state index contributed by atoms with van der Waals surface area (Å²) in [6, 6.07) is 8.75. The van der Waals surface area contributed by atoms with E-state index in [0.717, 1.165) is 19.6 Å². The molecule has 26 heavy (non-hydrogen) atoms. The van der Waals surface area contributed by atoms with Crippen LogP contribution in [0, 0.1) is 5.82 Å². The molecule has 1 aliphatic heterocycles. The number of aromatic hydroxyl groups is 1. The van der Waals surface area contributed by atoms with E-state index in [1.165, 1.54) is 24.5 Å². The highest BCUT2D eigenvalue weighted by Gasteiger charge is 2.19. The molecule has 0 aliphatic carbocycles. The van der Waals surface area contributed by atoms with Crippen molar-refractivity contribution in [2.75, 3.05) is 19.9 Å². The third-order valence-electron chi connectivity index (χ3n) is 4.59. The molecule has 1 N–H and O–H groups in total. The molecule has 2 aromatic carbocycles. The fraction of sp³-hybridized carbons (Fsp3) is 0.250. The van der Waals surface area contributed by atoms with E-state index in [-0.39, 0.29) is 17.0 Å². The zero-order valence-corrected chi connectivity index (χ0v) is 14.1. The van der Waals surface area contributed by atoms with Gasteiger partial charge in [0.25, 0.3) is 0 Å². The van der Waals surface area contributed by atoms with Crippen LogP contribution >= 0.6 is 0 Å². The Kier molecular flexibility index (Phi) is 4.44. The molecule has 3 aromatic rings. The van der Waals surface area contributed by atoms with Gasteiger partial charge in [-0.05, 0) is 36.2 Å². The number of phenols is 1. The Bertz CT molecular complexity index is 991. The highest BCUT2D eigenvalue weighted by Crippen LogP contribution is 2.29. The Morgan fingerprint density at radius 1 is 1.15 bits per heavy atom. The van der Waals surface area contributed by atoms with Gasteiger partial charge in [-0.3, -0.25) is 9.69 Å². The van der Waals surface area contributed by atoms with Gasteiger partial charge in [0, 0.05) is 19.7 Å². The van der Waals surface area contributed by atoms with Crippen LogP contribution in [0.4, 0.5) is 4.39 Å². The smallest absolute Gasteiger partial charge is 0.200 e. The summed E-state index contributed by atoms with van der Waals surface area (Å²) in [7, 11) is 0. The number of fused-ring (bicyclic) bond motifs is 1. The largest absolute Gasteiger partial charge is 0.507 e. The molecule has 0 spiro atoms. The van der Waals surface area contributed by atoms with Gasteiger partial charge >= 0.3 is 0 Å². The van der Waals surface area contributed by atoms with Crippen LogP contribution in [0.1, 0.15) is 12.0 Å². The molecule has 4 rings (SSSR count). The van der Waals surface area contributed by atoms with Gasteiger partial charge in [0.2, 0.25) is 5.43 Å². The number of rotatable bonds is 3. The van der Waals surface area contributed by atoms with Crippen molar-refractivity contribution in [1.29, 1.82) is 0 Å². The summed E-state index contributed by atoms with van der Waals surface area (Å²) in [6.07, 6.45) is 2.29. The first-order valence-electron chi connectivity index (χ1n) is 8.46. The highest BCUT2D eigenvalue weighted by atomic mass is 19.1. The van der Waals surface area contributed by atoms with Crippen LogP contribution < -0.4 is 5.43 Å². The Balaban J connectivity index is 1.79. The lowest BCUT2D eigenvalue weighted by Gasteiger charge is -2.26. The van der Waals surface area contributed by atoms with Crippen LogP contribution in [0.25, 0.3) is 22.1 Å². The van der Waals surface area contributed by atoms with E-state index >= 15 is 0 Å². The maximum Gasteiger partial charge on any atom is 0.200 e. The van der Waals surface area contributed by atoms with Crippen molar-refractivity contribution in [3.05, 3.63) is 64.3 Å². The van der Waals surface area contributed by atoms with Crippen molar-refractivity contribution >= 4 is 11.0 Å². The fourth-order valence-corrected chi connectivity index (χ4v) is 3.23. The number of hydrogen-bond acceptors (Lipinski definition) is 5. The zero-order chi connectivity index (χ0) is 18.1. The Hall–Kier alpha value is -2.70. The molecule has 0 atom stereocenters. The molecular weight excluding hydrogens is 337 g/mol. The van der Waals surface area contributed by atoms with E-state index in [2.05, 4.69) is 0 Å². The van der Waals surface area contributed by atoms with Crippen molar-refractivity contribution in [2.24, 2.45) is 0 Å². The summed E-state index contributed by atoms with van der Waals surface area (Å²) >= 11 is 0. The van der Waals surface area contributed by atoms with Crippen molar-refractivity contribution in [3.63, 3.8) is 0 Å². The first-order chi connectivity index (χ1) is 12.6. The second-order valence-electron chi connectivity index (χ2n) is 6.37. The first kappa shape index (κ1) is 16.8. The van der Waals surface area contributed by atoms with Crippen LogP contribution in [-0.2, 0) is 11.3 Å². The zero-order valence-electron chi connectivity index (χ0n) is 14.1. The third-order valence-corrected chi connectivity index (χ3v) is 4.59. The first-order valence-corrected chi connectivity index (χ1v) is 8.46. The van der Waals surface area contributed by atoms with Gasteiger partial charge in [0.15, 0.2) is 0 Å². The third kappa shape index (κ3) is 3.09. The van der Waals surface area contributed by atoms with E-state index < -0.39 is 0 Å². The average Bonchev–Trinajstić information content (AvgIpc) is 2.66. The monoisotopic (exact) mass is 355 g/mol. The topological polar surface area (TPSA) is 62.9 Å². The Labute approximate surface area is 149 Å². The number of halogens is 1. The molecule has 0 unspecified atom stereocenters. The molecule has 1 saturated heterocycles. The predicted octanol–water partition coefficient (Wildman–Crippen LogP) is 3.48. The molecule has 5 nitrogen and oxygen atoms in total. The minimum atomic E-state index is -0.366. The summed E-state index contributed by atoms with van der Waals surface area (Å²) in [5.41, 5.74) is 1.66. The lowest BCUT2D eigenvalue weighted by Crippen LogP contribution is -2.32. The number of hydrogen-bond donors (Lipinski definition) is 1. The van der Waals surface area contributed by atoms with Gasteiger partial charge < -0.3 is 14.3 Å². The van der Waals surface area contributed by atoms with Crippen LogP contribution in [0.3, 0.4) is 0 Å². The summed E-state index contributed by atoms with van der Waals surface area (Å²) < 4.78 is 24.3. The fourth-order valence-electron chi connectivity index (χ4n) is 3.23. The lowest BCUT2D eigenvalue weighted by atomic mass is 10.0. The minimum absolute atomic E-state index is 0.0840. The van der Waals surface area contributed by atoms with Crippen molar-refractivity contribution in [2.45, 2.75) is 13.0 Å².